The summed E-state index contributed by atoms with van der Waals surface area (Å²) < 4.78 is 6.05. The van der Waals surface area contributed by atoms with Crippen LogP contribution in [0.2, 0.25) is 12.1 Å². The quantitative estimate of drug-likeness (QED) is 0.485. The van der Waals surface area contributed by atoms with Crippen molar-refractivity contribution in [3.05, 3.63) is 0 Å². The monoisotopic (exact) mass is 222 g/mol. The molecule has 1 unspecified atom stereocenters. The molecule has 0 amide bonds. The highest BCUT2D eigenvalue weighted by atomic mass is 35.6. The van der Waals surface area contributed by atoms with Crippen molar-refractivity contribution in [3.63, 3.8) is 0 Å². The molecule has 1 atom stereocenters. The van der Waals surface area contributed by atoms with Gasteiger partial charge in [0.2, 0.25) is 0 Å². The van der Waals surface area contributed by atoms with Crippen LogP contribution in [0.1, 0.15) is 41.0 Å². The van der Waals surface area contributed by atoms with E-state index in [1.807, 2.05) is 0 Å². The average Bonchev–Trinajstić information content (AvgIpc) is 2.13. The van der Waals surface area contributed by atoms with Crippen LogP contribution >= 0.6 is 11.1 Å². The van der Waals surface area contributed by atoms with Gasteiger partial charge in [-0.2, -0.15) is 0 Å². The molecule has 0 aliphatic carbocycles. The minimum atomic E-state index is -1.87. The zero-order chi connectivity index (χ0) is 10.5. The Morgan fingerprint density at radius 1 is 1.15 bits per heavy atom. The zero-order valence-electron chi connectivity index (χ0n) is 9.56. The highest BCUT2D eigenvalue weighted by Gasteiger charge is 2.32. The van der Waals surface area contributed by atoms with Crippen molar-refractivity contribution in [2.24, 2.45) is 5.92 Å². The summed E-state index contributed by atoms with van der Waals surface area (Å²) in [5.74, 6) is 0.578. The third kappa shape index (κ3) is 4.48. The van der Waals surface area contributed by atoms with Crippen LogP contribution < -0.4 is 0 Å². The van der Waals surface area contributed by atoms with Crippen LogP contribution in [0.25, 0.3) is 0 Å². The molecule has 0 aromatic carbocycles. The van der Waals surface area contributed by atoms with Gasteiger partial charge in [-0.05, 0) is 24.4 Å². The molecule has 13 heavy (non-hydrogen) atoms. The van der Waals surface area contributed by atoms with Crippen LogP contribution in [0, 0.1) is 5.92 Å². The predicted molar refractivity (Wildman–Crippen MR) is 62.6 cm³/mol. The summed E-state index contributed by atoms with van der Waals surface area (Å²) in [6.07, 6.45) is 1.42. The molecule has 3 heteroatoms. The molecule has 0 aromatic rings. The molecule has 0 aliphatic heterocycles. The van der Waals surface area contributed by atoms with Crippen LogP contribution in [-0.2, 0) is 4.43 Å². The molecule has 0 saturated heterocycles. The summed E-state index contributed by atoms with van der Waals surface area (Å²) in [5, 5.41) is 0. The summed E-state index contributed by atoms with van der Waals surface area (Å²) in [4.78, 5) is 0. The van der Waals surface area contributed by atoms with Gasteiger partial charge in [-0.15, -0.1) is 11.1 Å². The maximum atomic E-state index is 6.44. The lowest BCUT2D eigenvalue weighted by Gasteiger charge is -2.30. The molecule has 0 heterocycles. The Bertz CT molecular complexity index is 135. The largest absolute Gasteiger partial charge is 0.400 e. The molecule has 0 fully saturated rings. The van der Waals surface area contributed by atoms with Crippen LogP contribution in [-0.4, -0.2) is 13.7 Å². The van der Waals surface area contributed by atoms with Crippen molar-refractivity contribution in [2.45, 2.75) is 59.2 Å². The molecular formula is C10H23ClOSi. The number of rotatable bonds is 6. The van der Waals surface area contributed by atoms with Gasteiger partial charge in [0.25, 0.3) is 7.63 Å². The molecule has 0 bridgehead atoms. The van der Waals surface area contributed by atoms with E-state index in [4.69, 9.17) is 15.5 Å². The van der Waals surface area contributed by atoms with Gasteiger partial charge >= 0.3 is 0 Å². The van der Waals surface area contributed by atoms with E-state index in [1.54, 1.807) is 0 Å². The van der Waals surface area contributed by atoms with Crippen molar-refractivity contribution >= 4 is 18.7 Å². The molecule has 0 N–H and O–H groups in total. The average molecular weight is 223 g/mol. The third-order valence-electron chi connectivity index (χ3n) is 2.56. The Morgan fingerprint density at radius 2 is 1.62 bits per heavy atom. The van der Waals surface area contributed by atoms with Crippen molar-refractivity contribution < 1.29 is 4.43 Å². The summed E-state index contributed by atoms with van der Waals surface area (Å²) >= 11 is 6.44. The maximum absolute atomic E-state index is 6.44. The molecule has 0 rings (SSSR count). The van der Waals surface area contributed by atoms with Crippen molar-refractivity contribution in [1.29, 1.82) is 0 Å². The topological polar surface area (TPSA) is 9.23 Å². The van der Waals surface area contributed by atoms with Crippen LogP contribution in [0.3, 0.4) is 0 Å². The van der Waals surface area contributed by atoms with Crippen molar-refractivity contribution in [1.82, 2.24) is 0 Å². The fourth-order valence-electron chi connectivity index (χ4n) is 1.38. The van der Waals surface area contributed by atoms with Gasteiger partial charge in [0.1, 0.15) is 0 Å². The highest BCUT2D eigenvalue weighted by molar-refractivity contribution is 7.16. The van der Waals surface area contributed by atoms with E-state index in [0.717, 1.165) is 18.5 Å². The molecular weight excluding hydrogens is 200 g/mol. The van der Waals surface area contributed by atoms with Crippen LogP contribution in [0.15, 0.2) is 0 Å². The summed E-state index contributed by atoms with van der Waals surface area (Å²) in [5.41, 5.74) is 0. The molecule has 80 valence electrons. The van der Waals surface area contributed by atoms with Gasteiger partial charge in [-0.25, -0.2) is 0 Å². The fourth-order valence-corrected chi connectivity index (χ4v) is 3.54. The van der Waals surface area contributed by atoms with E-state index in [1.165, 1.54) is 0 Å². The van der Waals surface area contributed by atoms with E-state index in [9.17, 15) is 0 Å². The van der Waals surface area contributed by atoms with Gasteiger partial charge in [-0.3, -0.25) is 0 Å². The summed E-state index contributed by atoms with van der Waals surface area (Å²) in [6.45, 7) is 10.8. The Labute approximate surface area is 88.7 Å². The smallest absolute Gasteiger partial charge is 0.289 e. The molecule has 0 aromatic heterocycles. The van der Waals surface area contributed by atoms with E-state index < -0.39 is 7.63 Å². The molecule has 1 nitrogen and oxygen atoms in total. The Balaban J connectivity index is 4.19. The van der Waals surface area contributed by atoms with Crippen LogP contribution in [0.4, 0.5) is 0 Å². The first-order chi connectivity index (χ1) is 5.99. The Morgan fingerprint density at radius 3 is 1.85 bits per heavy atom. The first kappa shape index (κ1) is 13.5. The van der Waals surface area contributed by atoms with Crippen LogP contribution in [0.5, 0.6) is 0 Å². The van der Waals surface area contributed by atoms with E-state index in [-0.39, 0.29) is 0 Å². The first-order valence-electron chi connectivity index (χ1n) is 5.35. The van der Waals surface area contributed by atoms with Crippen molar-refractivity contribution in [2.75, 3.05) is 0 Å². The minimum absolute atomic E-state index is 0.351. The Kier molecular flexibility index (Phi) is 6.26. The molecule has 0 aliphatic rings. The maximum Gasteiger partial charge on any atom is 0.289 e. The van der Waals surface area contributed by atoms with E-state index in [2.05, 4.69) is 34.6 Å². The first-order valence-corrected chi connectivity index (χ1v) is 8.69. The SMILES string of the molecule is CCC(O[Si](Cl)(CC)CC)C(C)C. The van der Waals surface area contributed by atoms with Gasteiger partial charge in [0, 0.05) is 6.10 Å². The minimum Gasteiger partial charge on any atom is -0.400 e. The highest BCUT2D eigenvalue weighted by Crippen LogP contribution is 2.26. The second-order valence-electron chi connectivity index (χ2n) is 3.90. The second kappa shape index (κ2) is 6.05. The van der Waals surface area contributed by atoms with E-state index >= 15 is 0 Å². The van der Waals surface area contributed by atoms with E-state index in [0.29, 0.717) is 12.0 Å². The molecule has 0 radical (unpaired) electrons. The lowest BCUT2D eigenvalue weighted by Crippen LogP contribution is -2.37. The number of halogens is 1. The summed E-state index contributed by atoms with van der Waals surface area (Å²) in [6, 6.07) is 2.02. The Hall–Kier alpha value is 0.467. The lowest BCUT2D eigenvalue weighted by molar-refractivity contribution is 0.141. The van der Waals surface area contributed by atoms with Gasteiger partial charge in [0.15, 0.2) is 0 Å². The van der Waals surface area contributed by atoms with Gasteiger partial charge < -0.3 is 4.43 Å². The predicted octanol–water partition coefficient (Wildman–Crippen LogP) is 4.16. The number of hydrogen-bond donors (Lipinski definition) is 0. The fraction of sp³-hybridized carbons (Fsp3) is 1.00. The zero-order valence-corrected chi connectivity index (χ0v) is 11.3. The number of hydrogen-bond acceptors (Lipinski definition) is 1. The van der Waals surface area contributed by atoms with Gasteiger partial charge in [-0.1, -0.05) is 34.6 Å². The second-order valence-corrected chi connectivity index (χ2v) is 9.38. The van der Waals surface area contributed by atoms with Gasteiger partial charge in [0.05, 0.1) is 0 Å². The normalized spacial score (nSPS) is 15.0. The third-order valence-corrected chi connectivity index (χ3v) is 7.27. The summed E-state index contributed by atoms with van der Waals surface area (Å²) in [7, 11) is -1.87. The van der Waals surface area contributed by atoms with Crippen molar-refractivity contribution in [3.8, 4) is 0 Å². The molecule has 0 saturated carbocycles. The lowest BCUT2D eigenvalue weighted by atomic mass is 10.1. The molecule has 0 spiro atoms. The standard InChI is InChI=1S/C10H23ClOSi/c1-6-10(9(4)5)12-13(11,7-2)8-3/h9-10H,6-8H2,1-5H3.